The topological polar surface area (TPSA) is 55.4 Å². The summed E-state index contributed by atoms with van der Waals surface area (Å²) in [6.07, 6.45) is 2.30. The highest BCUT2D eigenvalue weighted by molar-refractivity contribution is 7.90. The van der Waals surface area contributed by atoms with Crippen molar-refractivity contribution in [1.82, 2.24) is 0 Å². The Morgan fingerprint density at radius 2 is 2.22 bits per heavy atom. The second-order valence-electron chi connectivity index (χ2n) is 4.86. The van der Waals surface area contributed by atoms with Gasteiger partial charge in [0.2, 0.25) is 0 Å². The van der Waals surface area contributed by atoms with Gasteiger partial charge in [-0.25, -0.2) is 8.42 Å². The molecule has 2 rings (SSSR count). The Bertz CT molecular complexity index is 519. The minimum absolute atomic E-state index is 0.360. The highest BCUT2D eigenvalue weighted by atomic mass is 32.2. The van der Waals surface area contributed by atoms with E-state index in [2.05, 4.69) is 5.32 Å². The van der Waals surface area contributed by atoms with Crippen LogP contribution in [0.2, 0.25) is 0 Å². The van der Waals surface area contributed by atoms with E-state index in [0.29, 0.717) is 10.8 Å². The molecule has 0 bridgehead atoms. The quantitative estimate of drug-likeness (QED) is 0.906. The van der Waals surface area contributed by atoms with E-state index in [-0.39, 0.29) is 0 Å². The molecule has 1 saturated heterocycles. The molecule has 0 radical (unpaired) electrons. The van der Waals surface area contributed by atoms with Crippen LogP contribution in [0.1, 0.15) is 12.0 Å². The number of nitrogens with one attached hydrogen (secondary N) is 1. The molecule has 0 spiro atoms. The Hall–Kier alpha value is -1.07. The Morgan fingerprint density at radius 1 is 1.44 bits per heavy atom. The second-order valence-corrected chi connectivity index (χ2v) is 6.88. The van der Waals surface area contributed by atoms with Crippen molar-refractivity contribution < 1.29 is 13.2 Å². The number of anilines is 1. The lowest BCUT2D eigenvalue weighted by Gasteiger charge is -2.14. The number of ether oxygens (including phenoxy) is 1. The number of rotatable bonds is 4. The van der Waals surface area contributed by atoms with Gasteiger partial charge in [-0.2, -0.15) is 0 Å². The van der Waals surface area contributed by atoms with Gasteiger partial charge in [-0.15, -0.1) is 0 Å². The number of sulfone groups is 1. The molecule has 1 atom stereocenters. The summed E-state index contributed by atoms with van der Waals surface area (Å²) in [5, 5.41) is 3.32. The molecule has 1 unspecified atom stereocenters. The van der Waals surface area contributed by atoms with Crippen LogP contribution in [0, 0.1) is 12.8 Å². The second kappa shape index (κ2) is 5.28. The van der Waals surface area contributed by atoms with Gasteiger partial charge in [0.25, 0.3) is 0 Å². The van der Waals surface area contributed by atoms with Crippen LogP contribution in [0.25, 0.3) is 0 Å². The molecular formula is C13H19NO3S. The van der Waals surface area contributed by atoms with Crippen molar-refractivity contribution in [1.29, 1.82) is 0 Å². The van der Waals surface area contributed by atoms with Gasteiger partial charge in [0.1, 0.15) is 0 Å². The van der Waals surface area contributed by atoms with Gasteiger partial charge in [-0.05, 0) is 31.0 Å². The van der Waals surface area contributed by atoms with E-state index in [1.165, 1.54) is 6.26 Å². The van der Waals surface area contributed by atoms with Crippen molar-refractivity contribution in [2.24, 2.45) is 5.92 Å². The number of hydrogen-bond donors (Lipinski definition) is 1. The maximum Gasteiger partial charge on any atom is 0.175 e. The van der Waals surface area contributed by atoms with Crippen molar-refractivity contribution in [2.45, 2.75) is 18.2 Å². The lowest BCUT2D eigenvalue weighted by molar-refractivity contribution is 0.187. The third-order valence-corrected chi connectivity index (χ3v) is 4.35. The number of hydrogen-bond acceptors (Lipinski definition) is 4. The Balaban J connectivity index is 2.11. The molecule has 0 aliphatic carbocycles. The molecule has 1 N–H and O–H groups in total. The first-order valence-corrected chi connectivity index (χ1v) is 7.98. The zero-order chi connectivity index (χ0) is 13.2. The molecule has 1 aliphatic heterocycles. The van der Waals surface area contributed by atoms with Crippen molar-refractivity contribution >= 4 is 15.5 Å². The molecular weight excluding hydrogens is 250 g/mol. The third kappa shape index (κ3) is 3.23. The van der Waals surface area contributed by atoms with Crippen LogP contribution in [-0.4, -0.2) is 34.4 Å². The zero-order valence-corrected chi connectivity index (χ0v) is 11.6. The van der Waals surface area contributed by atoms with E-state index in [9.17, 15) is 8.42 Å². The van der Waals surface area contributed by atoms with Crippen molar-refractivity contribution in [3.8, 4) is 0 Å². The summed E-state index contributed by atoms with van der Waals surface area (Å²) in [5.41, 5.74) is 1.95. The van der Waals surface area contributed by atoms with Gasteiger partial charge in [-0.3, -0.25) is 0 Å². The summed E-state index contributed by atoms with van der Waals surface area (Å²) in [5.74, 6) is 0.520. The van der Waals surface area contributed by atoms with Crippen LogP contribution in [0.4, 0.5) is 5.69 Å². The molecule has 1 fully saturated rings. The van der Waals surface area contributed by atoms with Crippen LogP contribution in [0.5, 0.6) is 0 Å². The van der Waals surface area contributed by atoms with Gasteiger partial charge in [-0.1, -0.05) is 6.07 Å². The molecule has 5 heteroatoms. The average molecular weight is 269 g/mol. The highest BCUT2D eigenvalue weighted by Gasteiger charge is 2.16. The Labute approximate surface area is 108 Å². The van der Waals surface area contributed by atoms with Gasteiger partial charge in [0.15, 0.2) is 9.84 Å². The lowest BCUT2D eigenvalue weighted by atomic mass is 10.1. The molecule has 0 amide bonds. The summed E-state index contributed by atoms with van der Waals surface area (Å²) in [7, 11) is -3.14. The van der Waals surface area contributed by atoms with Crippen molar-refractivity contribution in [3.63, 3.8) is 0 Å². The third-order valence-electron chi connectivity index (χ3n) is 3.24. The number of benzene rings is 1. The van der Waals surface area contributed by atoms with Crippen LogP contribution in [0.15, 0.2) is 23.1 Å². The van der Waals surface area contributed by atoms with Crippen molar-refractivity contribution in [2.75, 3.05) is 31.3 Å². The first-order chi connectivity index (χ1) is 8.47. The summed E-state index contributed by atoms with van der Waals surface area (Å²) in [4.78, 5) is 0.360. The smallest absolute Gasteiger partial charge is 0.175 e. The maximum atomic E-state index is 11.5. The lowest BCUT2D eigenvalue weighted by Crippen LogP contribution is -2.15. The molecule has 100 valence electrons. The zero-order valence-electron chi connectivity index (χ0n) is 10.8. The van der Waals surface area contributed by atoms with Gasteiger partial charge >= 0.3 is 0 Å². The largest absolute Gasteiger partial charge is 0.384 e. The van der Waals surface area contributed by atoms with Crippen LogP contribution in [-0.2, 0) is 14.6 Å². The molecule has 1 aliphatic rings. The summed E-state index contributed by atoms with van der Waals surface area (Å²) in [6.45, 7) is 4.42. The fraction of sp³-hybridized carbons (Fsp3) is 0.538. The van der Waals surface area contributed by atoms with E-state index in [1.54, 1.807) is 12.1 Å². The normalized spacial score (nSPS) is 20.0. The van der Waals surface area contributed by atoms with Crippen molar-refractivity contribution in [3.05, 3.63) is 23.8 Å². The molecule has 4 nitrogen and oxygen atoms in total. The fourth-order valence-corrected chi connectivity index (χ4v) is 2.67. The molecule has 1 aromatic carbocycles. The summed E-state index contributed by atoms with van der Waals surface area (Å²) < 4.78 is 28.3. The average Bonchev–Trinajstić information content (AvgIpc) is 2.79. The van der Waals surface area contributed by atoms with Gasteiger partial charge in [0, 0.05) is 31.0 Å². The van der Waals surface area contributed by atoms with Crippen LogP contribution >= 0.6 is 0 Å². The first-order valence-electron chi connectivity index (χ1n) is 6.09. The SMILES string of the molecule is Cc1ccc(S(C)(=O)=O)cc1NCC1CCOC1. The predicted molar refractivity (Wildman–Crippen MR) is 71.7 cm³/mol. The number of aryl methyl sites for hydroxylation is 1. The maximum absolute atomic E-state index is 11.5. The molecule has 1 aromatic rings. The minimum Gasteiger partial charge on any atom is -0.384 e. The Morgan fingerprint density at radius 3 is 2.83 bits per heavy atom. The van der Waals surface area contributed by atoms with Crippen LogP contribution in [0.3, 0.4) is 0 Å². The molecule has 0 saturated carbocycles. The van der Waals surface area contributed by atoms with Gasteiger partial charge < -0.3 is 10.1 Å². The predicted octanol–water partition coefficient (Wildman–Crippen LogP) is 1.85. The van der Waals surface area contributed by atoms with E-state index in [1.807, 2.05) is 13.0 Å². The first kappa shape index (κ1) is 13.4. The van der Waals surface area contributed by atoms with Gasteiger partial charge in [0.05, 0.1) is 11.5 Å². The molecule has 18 heavy (non-hydrogen) atoms. The fourth-order valence-electron chi connectivity index (χ4n) is 2.02. The van der Waals surface area contributed by atoms with E-state index in [4.69, 9.17) is 4.74 Å². The van der Waals surface area contributed by atoms with E-state index < -0.39 is 9.84 Å². The summed E-state index contributed by atoms with van der Waals surface area (Å²) in [6, 6.07) is 5.19. The van der Waals surface area contributed by atoms with E-state index >= 15 is 0 Å². The Kier molecular flexibility index (Phi) is 3.92. The highest BCUT2D eigenvalue weighted by Crippen LogP contribution is 2.21. The standard InChI is InChI=1S/C13H19NO3S/c1-10-3-4-12(18(2,15)16)7-13(10)14-8-11-5-6-17-9-11/h3-4,7,11,14H,5-6,8-9H2,1-2H3. The summed E-state index contributed by atoms with van der Waals surface area (Å²) >= 11 is 0. The molecule has 1 heterocycles. The van der Waals surface area contributed by atoms with Crippen LogP contribution < -0.4 is 5.32 Å². The minimum atomic E-state index is -3.14. The van der Waals surface area contributed by atoms with E-state index in [0.717, 1.165) is 37.4 Å². The molecule has 0 aromatic heterocycles. The monoisotopic (exact) mass is 269 g/mol.